The predicted molar refractivity (Wildman–Crippen MR) is 87.1 cm³/mol. The third-order valence-corrected chi connectivity index (χ3v) is 6.41. The summed E-state index contributed by atoms with van der Waals surface area (Å²) in [7, 11) is 1.67. The van der Waals surface area contributed by atoms with Gasteiger partial charge in [0.2, 0.25) is 0 Å². The average molecular weight is 304 g/mol. The molecule has 3 rings (SSSR count). The highest BCUT2D eigenvalue weighted by atomic mass is 16.5. The maximum Gasteiger partial charge on any atom is 0.124 e. The lowest BCUT2D eigenvalue weighted by molar-refractivity contribution is -0.0179. The van der Waals surface area contributed by atoms with Gasteiger partial charge in [-0.2, -0.15) is 0 Å². The summed E-state index contributed by atoms with van der Waals surface area (Å²) in [6.45, 7) is 4.90. The summed E-state index contributed by atoms with van der Waals surface area (Å²) in [6, 6.07) is 4.27. The van der Waals surface area contributed by atoms with E-state index in [1.807, 2.05) is 0 Å². The monoisotopic (exact) mass is 304 g/mol. The molecule has 1 fully saturated rings. The fourth-order valence-electron chi connectivity index (χ4n) is 5.18. The summed E-state index contributed by atoms with van der Waals surface area (Å²) >= 11 is 0. The maximum atomic E-state index is 9.98. The molecular weight excluding hydrogens is 276 g/mol. The van der Waals surface area contributed by atoms with Crippen LogP contribution in [0.5, 0.6) is 5.75 Å². The zero-order valence-electron chi connectivity index (χ0n) is 14.0. The van der Waals surface area contributed by atoms with Crippen LogP contribution in [0.3, 0.4) is 0 Å². The van der Waals surface area contributed by atoms with Crippen molar-refractivity contribution >= 4 is 0 Å². The number of aliphatic hydroxyl groups excluding tert-OH is 2. The van der Waals surface area contributed by atoms with Crippen LogP contribution in [0.2, 0.25) is 0 Å². The van der Waals surface area contributed by atoms with Gasteiger partial charge in [-0.05, 0) is 65.7 Å². The van der Waals surface area contributed by atoms with Gasteiger partial charge < -0.3 is 14.9 Å². The van der Waals surface area contributed by atoms with Crippen molar-refractivity contribution in [2.24, 2.45) is 11.3 Å². The minimum atomic E-state index is 0.0188. The Kier molecular flexibility index (Phi) is 3.98. The van der Waals surface area contributed by atoms with Gasteiger partial charge in [0.05, 0.1) is 13.7 Å². The highest BCUT2D eigenvalue weighted by molar-refractivity contribution is 5.48. The van der Waals surface area contributed by atoms with Crippen LogP contribution >= 0.6 is 0 Å². The number of aryl methyl sites for hydroxylation is 1. The van der Waals surface area contributed by atoms with Crippen LogP contribution in [0.25, 0.3) is 0 Å². The molecule has 2 aliphatic rings. The third kappa shape index (κ3) is 2.17. The molecule has 0 amide bonds. The normalized spacial score (nSPS) is 34.0. The first-order chi connectivity index (χ1) is 10.5. The number of methoxy groups -OCH3 is 1. The Labute approximate surface area is 133 Å². The quantitative estimate of drug-likeness (QED) is 0.901. The predicted octanol–water partition coefficient (Wildman–Crippen LogP) is 3.19. The number of hydrogen-bond donors (Lipinski definition) is 2. The second-order valence-electron chi connectivity index (χ2n) is 7.65. The van der Waals surface area contributed by atoms with E-state index in [4.69, 9.17) is 4.74 Å². The summed E-state index contributed by atoms with van der Waals surface area (Å²) in [5.41, 5.74) is 3.73. The number of aliphatic hydroxyl groups is 2. The van der Waals surface area contributed by atoms with Crippen molar-refractivity contribution in [2.45, 2.75) is 58.0 Å². The molecule has 3 nitrogen and oxygen atoms in total. The smallest absolute Gasteiger partial charge is 0.124 e. The van der Waals surface area contributed by atoms with Crippen molar-refractivity contribution in [1.82, 2.24) is 0 Å². The first-order valence-electron chi connectivity index (χ1n) is 8.40. The van der Waals surface area contributed by atoms with Gasteiger partial charge in [0, 0.05) is 12.2 Å². The van der Waals surface area contributed by atoms with E-state index in [0.717, 1.165) is 37.0 Å². The largest absolute Gasteiger partial charge is 0.496 e. The zero-order valence-corrected chi connectivity index (χ0v) is 14.0. The van der Waals surface area contributed by atoms with E-state index in [1.165, 1.54) is 17.5 Å². The van der Waals surface area contributed by atoms with Crippen molar-refractivity contribution in [2.75, 3.05) is 13.7 Å². The molecule has 2 N–H and O–H groups in total. The van der Waals surface area contributed by atoms with E-state index >= 15 is 0 Å². The maximum absolute atomic E-state index is 9.98. The molecule has 3 heteroatoms. The molecule has 0 radical (unpaired) electrons. The fourth-order valence-corrected chi connectivity index (χ4v) is 5.18. The molecule has 0 heterocycles. The van der Waals surface area contributed by atoms with Crippen molar-refractivity contribution in [3.63, 3.8) is 0 Å². The van der Waals surface area contributed by atoms with Crippen LogP contribution in [-0.4, -0.2) is 23.9 Å². The molecule has 0 saturated heterocycles. The summed E-state index contributed by atoms with van der Waals surface area (Å²) in [6.07, 6.45) is 5.60. The summed E-state index contributed by atoms with van der Waals surface area (Å²) < 4.78 is 5.50. The van der Waals surface area contributed by atoms with Gasteiger partial charge in [0.15, 0.2) is 0 Å². The van der Waals surface area contributed by atoms with Crippen molar-refractivity contribution in [3.8, 4) is 5.75 Å². The Morgan fingerprint density at radius 1 is 1.23 bits per heavy atom. The molecule has 0 aromatic heterocycles. The highest BCUT2D eigenvalue weighted by Crippen LogP contribution is 2.57. The van der Waals surface area contributed by atoms with Crippen LogP contribution in [0, 0.1) is 11.3 Å². The van der Waals surface area contributed by atoms with Gasteiger partial charge in [0.1, 0.15) is 5.75 Å². The molecule has 1 aromatic carbocycles. The molecule has 1 aromatic rings. The van der Waals surface area contributed by atoms with E-state index in [2.05, 4.69) is 26.0 Å². The Hall–Kier alpha value is -1.06. The number of hydrogen-bond acceptors (Lipinski definition) is 3. The summed E-state index contributed by atoms with van der Waals surface area (Å²) in [4.78, 5) is 0. The van der Waals surface area contributed by atoms with Crippen molar-refractivity contribution in [3.05, 3.63) is 28.8 Å². The second-order valence-corrected chi connectivity index (χ2v) is 7.65. The van der Waals surface area contributed by atoms with Crippen molar-refractivity contribution < 1.29 is 14.9 Å². The van der Waals surface area contributed by atoms with E-state index in [9.17, 15) is 10.2 Å². The fraction of sp³-hybridized carbons (Fsp3) is 0.684. The Morgan fingerprint density at radius 3 is 2.64 bits per heavy atom. The molecule has 22 heavy (non-hydrogen) atoms. The molecule has 1 unspecified atom stereocenters. The van der Waals surface area contributed by atoms with Crippen LogP contribution in [0.4, 0.5) is 0 Å². The first-order valence-corrected chi connectivity index (χ1v) is 8.40. The van der Waals surface area contributed by atoms with E-state index in [1.54, 1.807) is 7.11 Å². The molecule has 0 bridgehead atoms. The minimum Gasteiger partial charge on any atom is -0.496 e. The van der Waals surface area contributed by atoms with E-state index in [-0.39, 0.29) is 24.0 Å². The van der Waals surface area contributed by atoms with Gasteiger partial charge in [-0.15, -0.1) is 0 Å². The SMILES string of the molecule is COc1cc2c(cc1CO)CC[C@H]1C(C)(CO)CCC[C@]21C. The van der Waals surface area contributed by atoms with Gasteiger partial charge in [0.25, 0.3) is 0 Å². The Morgan fingerprint density at radius 2 is 2.00 bits per heavy atom. The topological polar surface area (TPSA) is 49.7 Å². The van der Waals surface area contributed by atoms with Gasteiger partial charge >= 0.3 is 0 Å². The standard InChI is InChI=1S/C19H28O3/c1-18(12-21)7-4-8-19(2)15-10-16(22-3)14(11-20)9-13(15)5-6-17(18)19/h9-10,17,20-21H,4-8,11-12H2,1-3H3/t17-,18?,19+/m0/s1. The highest BCUT2D eigenvalue weighted by Gasteiger charge is 2.51. The number of benzene rings is 1. The Bertz CT molecular complexity index is 568. The first kappa shape index (κ1) is 15.8. The van der Waals surface area contributed by atoms with Gasteiger partial charge in [-0.25, -0.2) is 0 Å². The summed E-state index contributed by atoms with van der Waals surface area (Å²) in [5, 5.41) is 19.5. The molecule has 1 saturated carbocycles. The Balaban J connectivity index is 2.12. The van der Waals surface area contributed by atoms with Gasteiger partial charge in [-0.1, -0.05) is 20.3 Å². The molecule has 0 spiro atoms. The lowest BCUT2D eigenvalue weighted by Gasteiger charge is -2.55. The minimum absolute atomic E-state index is 0.0188. The lowest BCUT2D eigenvalue weighted by Crippen LogP contribution is -2.50. The third-order valence-electron chi connectivity index (χ3n) is 6.41. The number of fused-ring (bicyclic) bond motifs is 3. The lowest BCUT2D eigenvalue weighted by atomic mass is 9.50. The zero-order chi connectivity index (χ0) is 16.0. The second kappa shape index (κ2) is 5.54. The molecular formula is C19H28O3. The van der Waals surface area contributed by atoms with Gasteiger partial charge in [-0.3, -0.25) is 0 Å². The molecule has 122 valence electrons. The van der Waals surface area contributed by atoms with Crippen LogP contribution in [-0.2, 0) is 18.4 Å². The van der Waals surface area contributed by atoms with Crippen LogP contribution in [0.1, 0.15) is 56.2 Å². The summed E-state index contributed by atoms with van der Waals surface area (Å²) in [5.74, 6) is 1.30. The average Bonchev–Trinajstić information content (AvgIpc) is 2.53. The van der Waals surface area contributed by atoms with E-state index in [0.29, 0.717) is 5.92 Å². The number of ether oxygens (including phenoxy) is 1. The van der Waals surface area contributed by atoms with E-state index < -0.39 is 0 Å². The molecule has 2 aliphatic carbocycles. The van der Waals surface area contributed by atoms with Crippen molar-refractivity contribution in [1.29, 1.82) is 0 Å². The van der Waals surface area contributed by atoms with Crippen LogP contribution in [0.15, 0.2) is 12.1 Å². The number of rotatable bonds is 3. The molecule has 0 aliphatic heterocycles. The van der Waals surface area contributed by atoms with Crippen LogP contribution < -0.4 is 4.74 Å². The molecule has 3 atom stereocenters.